The molecule has 0 radical (unpaired) electrons. The summed E-state index contributed by atoms with van der Waals surface area (Å²) in [6.45, 7) is 1.35. The van der Waals surface area contributed by atoms with E-state index in [9.17, 15) is 25.0 Å². The number of nitrogen functional groups attached to an aromatic ring is 1. The number of rotatable bonds is 5. The van der Waals surface area contributed by atoms with Gasteiger partial charge >= 0.3 is 0 Å². The van der Waals surface area contributed by atoms with E-state index in [1.54, 1.807) is 0 Å². The fourth-order valence-corrected chi connectivity index (χ4v) is 2.35. The number of nitro groups is 2. The third-order valence-corrected chi connectivity index (χ3v) is 3.65. The summed E-state index contributed by atoms with van der Waals surface area (Å²) < 4.78 is 0. The van der Waals surface area contributed by atoms with Gasteiger partial charge in [-0.1, -0.05) is 11.3 Å². The minimum Gasteiger partial charge on any atom is -0.374 e. The van der Waals surface area contributed by atoms with Gasteiger partial charge in [-0.3, -0.25) is 25.0 Å². The van der Waals surface area contributed by atoms with E-state index in [1.165, 1.54) is 6.92 Å². The van der Waals surface area contributed by atoms with Crippen molar-refractivity contribution in [1.29, 1.82) is 0 Å². The average molecular weight is 338 g/mol. The van der Waals surface area contributed by atoms with Crippen LogP contribution < -0.4 is 11.1 Å². The van der Waals surface area contributed by atoms with Gasteiger partial charge in [0.2, 0.25) is 5.13 Å². The van der Waals surface area contributed by atoms with Gasteiger partial charge in [0.15, 0.2) is 0 Å². The molecule has 0 saturated carbocycles. The third kappa shape index (κ3) is 3.55. The maximum Gasteiger partial charge on any atom is 0.279 e. The molecule has 1 aromatic carbocycles. The molecule has 1 amide bonds. The first-order valence-electron chi connectivity index (χ1n) is 6.09. The van der Waals surface area contributed by atoms with Gasteiger partial charge in [0, 0.05) is 11.6 Å². The third-order valence-electron chi connectivity index (χ3n) is 2.90. The van der Waals surface area contributed by atoms with Crippen LogP contribution in [0.4, 0.5) is 16.5 Å². The first-order chi connectivity index (χ1) is 10.8. The minimum absolute atomic E-state index is 0.00360. The molecule has 120 valence electrons. The van der Waals surface area contributed by atoms with Crippen LogP contribution in [0, 0.1) is 27.2 Å². The Morgan fingerprint density at radius 1 is 1.30 bits per heavy atom. The summed E-state index contributed by atoms with van der Waals surface area (Å²) in [5.41, 5.74) is 4.27. The van der Waals surface area contributed by atoms with Crippen molar-refractivity contribution >= 4 is 33.8 Å². The molecule has 1 aromatic heterocycles. The van der Waals surface area contributed by atoms with Gasteiger partial charge in [-0.05, 0) is 6.92 Å². The Kier molecular flexibility index (Phi) is 4.45. The number of anilines is 1. The van der Waals surface area contributed by atoms with Gasteiger partial charge < -0.3 is 11.1 Å². The van der Waals surface area contributed by atoms with Crippen molar-refractivity contribution < 1.29 is 14.6 Å². The molecular weight excluding hydrogens is 328 g/mol. The molecular formula is C11H10N6O5S. The number of benzene rings is 1. The van der Waals surface area contributed by atoms with Crippen molar-refractivity contribution in [2.75, 3.05) is 5.73 Å². The number of hydrogen-bond donors (Lipinski definition) is 2. The van der Waals surface area contributed by atoms with E-state index in [1.807, 2.05) is 0 Å². The molecule has 11 nitrogen and oxygen atoms in total. The molecule has 0 aliphatic rings. The number of nitrogens with two attached hydrogens (primary N) is 1. The smallest absolute Gasteiger partial charge is 0.279 e. The molecule has 3 N–H and O–H groups in total. The highest BCUT2D eigenvalue weighted by atomic mass is 32.1. The van der Waals surface area contributed by atoms with Gasteiger partial charge in [-0.15, -0.1) is 10.2 Å². The lowest BCUT2D eigenvalue weighted by Crippen LogP contribution is -2.24. The summed E-state index contributed by atoms with van der Waals surface area (Å²) in [4.78, 5) is 32.4. The zero-order valence-corrected chi connectivity index (χ0v) is 12.5. The second-order valence-electron chi connectivity index (χ2n) is 4.37. The Hall–Kier alpha value is -3.15. The summed E-state index contributed by atoms with van der Waals surface area (Å²) in [5.74, 6) is -0.692. The summed E-state index contributed by atoms with van der Waals surface area (Å²) >= 11 is 1.07. The predicted octanol–water partition coefficient (Wildman–Crippen LogP) is 1.18. The number of carbonyl (C=O) groups excluding carboxylic acids is 1. The van der Waals surface area contributed by atoms with Crippen LogP contribution in [0.5, 0.6) is 0 Å². The topological polar surface area (TPSA) is 167 Å². The van der Waals surface area contributed by atoms with Crippen LogP contribution >= 0.6 is 11.3 Å². The monoisotopic (exact) mass is 338 g/mol. The van der Waals surface area contributed by atoms with Gasteiger partial charge in [0.25, 0.3) is 17.3 Å². The Morgan fingerprint density at radius 3 is 2.52 bits per heavy atom. The van der Waals surface area contributed by atoms with Gasteiger partial charge in [0.05, 0.1) is 28.0 Å². The number of nitro benzene ring substituents is 2. The number of aromatic nitrogens is 2. The molecule has 1 heterocycles. The Labute approximate surface area is 132 Å². The second kappa shape index (κ2) is 6.31. The first-order valence-corrected chi connectivity index (χ1v) is 6.90. The molecule has 0 unspecified atom stereocenters. The maximum atomic E-state index is 12.2. The van der Waals surface area contributed by atoms with Crippen molar-refractivity contribution in [2.45, 2.75) is 13.5 Å². The van der Waals surface area contributed by atoms with E-state index in [4.69, 9.17) is 5.73 Å². The lowest BCUT2D eigenvalue weighted by molar-refractivity contribution is -0.394. The minimum atomic E-state index is -0.797. The standard InChI is InChI=1S/C11H10N6O5S/c1-5-7(2-6(16(19)20)3-8(5)17(21)22)10(18)13-4-9-14-15-11(12)23-9/h2-3H,4H2,1H3,(H2,12,15)(H,13,18). The van der Waals surface area contributed by atoms with Crippen LogP contribution in [0.15, 0.2) is 12.1 Å². The number of non-ortho nitro benzene ring substituents is 1. The molecule has 0 saturated heterocycles. The second-order valence-corrected chi connectivity index (χ2v) is 5.46. The Bertz CT molecular complexity index is 804. The van der Waals surface area contributed by atoms with Crippen LogP contribution in [-0.2, 0) is 6.54 Å². The Morgan fingerprint density at radius 2 is 2.00 bits per heavy atom. The SMILES string of the molecule is Cc1c(C(=O)NCc2nnc(N)s2)cc([N+](=O)[O-])cc1[N+](=O)[O-]. The van der Waals surface area contributed by atoms with Gasteiger partial charge in [-0.2, -0.15) is 0 Å². The highest BCUT2D eigenvalue weighted by Crippen LogP contribution is 2.28. The van der Waals surface area contributed by atoms with Crippen molar-refractivity contribution in [3.8, 4) is 0 Å². The average Bonchev–Trinajstić information content (AvgIpc) is 2.90. The summed E-state index contributed by atoms with van der Waals surface area (Å²) in [6.07, 6.45) is 0. The number of carbonyl (C=O) groups is 1. The zero-order valence-electron chi connectivity index (χ0n) is 11.7. The summed E-state index contributed by atoms with van der Waals surface area (Å²) in [7, 11) is 0. The van der Waals surface area contributed by atoms with E-state index in [0.29, 0.717) is 5.01 Å². The van der Waals surface area contributed by atoms with Crippen LogP contribution in [0.25, 0.3) is 0 Å². The number of amides is 1. The molecule has 0 aliphatic heterocycles. The van der Waals surface area contributed by atoms with Crippen LogP contribution in [0.2, 0.25) is 0 Å². The summed E-state index contributed by atoms with van der Waals surface area (Å²) in [6, 6.07) is 1.81. The van der Waals surface area contributed by atoms with Crippen molar-refractivity contribution in [1.82, 2.24) is 15.5 Å². The van der Waals surface area contributed by atoms with Gasteiger partial charge in [0.1, 0.15) is 5.01 Å². The van der Waals surface area contributed by atoms with Crippen LogP contribution in [0.3, 0.4) is 0 Å². The number of hydrogen-bond acceptors (Lipinski definition) is 9. The van der Waals surface area contributed by atoms with E-state index in [0.717, 1.165) is 23.5 Å². The zero-order chi connectivity index (χ0) is 17.1. The largest absolute Gasteiger partial charge is 0.374 e. The first kappa shape index (κ1) is 16.2. The molecule has 0 fully saturated rings. The van der Waals surface area contributed by atoms with Crippen LogP contribution in [-0.4, -0.2) is 26.0 Å². The van der Waals surface area contributed by atoms with E-state index in [2.05, 4.69) is 15.5 Å². The quantitative estimate of drug-likeness (QED) is 0.605. The van der Waals surface area contributed by atoms with Crippen LogP contribution in [0.1, 0.15) is 20.9 Å². The normalized spacial score (nSPS) is 10.3. The number of nitrogens with one attached hydrogen (secondary N) is 1. The molecule has 0 bridgehead atoms. The molecule has 0 atom stereocenters. The maximum absolute atomic E-state index is 12.2. The highest BCUT2D eigenvalue weighted by Gasteiger charge is 2.24. The van der Waals surface area contributed by atoms with Gasteiger partial charge in [-0.25, -0.2) is 0 Å². The molecule has 0 aliphatic carbocycles. The lowest BCUT2D eigenvalue weighted by Gasteiger charge is -2.07. The molecule has 2 aromatic rings. The van der Waals surface area contributed by atoms with E-state index < -0.39 is 27.1 Å². The fraction of sp³-hybridized carbons (Fsp3) is 0.182. The molecule has 23 heavy (non-hydrogen) atoms. The number of nitrogens with zero attached hydrogens (tertiary/aromatic N) is 4. The molecule has 2 rings (SSSR count). The van der Waals surface area contributed by atoms with Crippen molar-refractivity contribution in [2.24, 2.45) is 0 Å². The Balaban J connectivity index is 2.31. The molecule has 0 spiro atoms. The van der Waals surface area contributed by atoms with E-state index in [-0.39, 0.29) is 22.8 Å². The highest BCUT2D eigenvalue weighted by molar-refractivity contribution is 7.15. The molecule has 12 heteroatoms. The predicted molar refractivity (Wildman–Crippen MR) is 80.0 cm³/mol. The summed E-state index contributed by atoms with van der Waals surface area (Å²) in [5, 5.41) is 32.3. The lowest BCUT2D eigenvalue weighted by atomic mass is 10.0. The fourth-order valence-electron chi connectivity index (χ4n) is 1.80. The van der Waals surface area contributed by atoms with Crippen molar-refractivity contribution in [3.63, 3.8) is 0 Å². The van der Waals surface area contributed by atoms with E-state index >= 15 is 0 Å². The van der Waals surface area contributed by atoms with Crippen molar-refractivity contribution in [3.05, 3.63) is 48.5 Å².